The van der Waals surface area contributed by atoms with E-state index in [9.17, 15) is 23.3 Å². The van der Waals surface area contributed by atoms with Crippen LogP contribution < -0.4 is 5.32 Å². The SMILES string of the molecule is Cl.Cl.O=[N+]([O-])c1cc([C@@H](CC(F)(F)F)N2CCNCC2)cs1. The van der Waals surface area contributed by atoms with Gasteiger partial charge in [-0.25, -0.2) is 0 Å². The van der Waals surface area contributed by atoms with Crippen LogP contribution in [-0.2, 0) is 0 Å². The van der Waals surface area contributed by atoms with Crippen LogP contribution in [0.5, 0.6) is 0 Å². The van der Waals surface area contributed by atoms with Gasteiger partial charge in [-0.05, 0) is 5.56 Å². The first kappa shape index (κ1) is 21.4. The van der Waals surface area contributed by atoms with Gasteiger partial charge in [0.1, 0.15) is 0 Å². The maximum Gasteiger partial charge on any atom is 0.390 e. The van der Waals surface area contributed by atoms with Crippen molar-refractivity contribution in [2.75, 3.05) is 26.2 Å². The second-order valence-corrected chi connectivity index (χ2v) is 5.49. The van der Waals surface area contributed by atoms with Crippen molar-refractivity contribution in [2.45, 2.75) is 18.6 Å². The number of alkyl halides is 3. The number of hydrogen-bond donors (Lipinski definition) is 1. The highest BCUT2D eigenvalue weighted by Gasteiger charge is 2.36. The van der Waals surface area contributed by atoms with Crippen LogP contribution in [-0.4, -0.2) is 42.2 Å². The minimum absolute atomic E-state index is 0. The molecule has 0 unspecified atom stereocenters. The first-order valence-electron chi connectivity index (χ1n) is 6.11. The maximum absolute atomic E-state index is 12.7. The predicted molar refractivity (Wildman–Crippen MR) is 83.3 cm³/mol. The van der Waals surface area contributed by atoms with Crippen LogP contribution in [0.4, 0.5) is 18.2 Å². The molecule has 1 N–H and O–H groups in total. The molecule has 22 heavy (non-hydrogen) atoms. The second-order valence-electron chi connectivity index (χ2n) is 4.60. The average molecular weight is 382 g/mol. The summed E-state index contributed by atoms with van der Waals surface area (Å²) in [6.45, 7) is 2.26. The molecule has 0 aromatic carbocycles. The first-order valence-corrected chi connectivity index (χ1v) is 6.99. The van der Waals surface area contributed by atoms with Gasteiger partial charge in [-0.1, -0.05) is 11.3 Å². The largest absolute Gasteiger partial charge is 0.390 e. The van der Waals surface area contributed by atoms with Gasteiger partial charge in [-0.15, -0.1) is 24.8 Å². The van der Waals surface area contributed by atoms with Crippen molar-refractivity contribution in [2.24, 2.45) is 0 Å². The van der Waals surface area contributed by atoms with Crippen molar-refractivity contribution >= 4 is 41.2 Å². The van der Waals surface area contributed by atoms with E-state index in [4.69, 9.17) is 0 Å². The van der Waals surface area contributed by atoms with Crippen molar-refractivity contribution in [1.29, 1.82) is 0 Å². The highest BCUT2D eigenvalue weighted by atomic mass is 35.5. The molecule has 1 aromatic heterocycles. The molecule has 1 aliphatic rings. The Morgan fingerprint density at radius 2 is 1.95 bits per heavy atom. The summed E-state index contributed by atoms with van der Waals surface area (Å²) in [7, 11) is 0. The van der Waals surface area contributed by atoms with Crippen LogP contribution in [0.3, 0.4) is 0 Å². The Morgan fingerprint density at radius 1 is 1.36 bits per heavy atom. The number of thiophene rings is 1. The molecule has 2 rings (SSSR count). The molecule has 0 radical (unpaired) electrons. The van der Waals surface area contributed by atoms with E-state index in [1.165, 1.54) is 11.4 Å². The van der Waals surface area contributed by atoms with Gasteiger partial charge in [0, 0.05) is 43.7 Å². The van der Waals surface area contributed by atoms with Crippen molar-refractivity contribution in [1.82, 2.24) is 10.2 Å². The smallest absolute Gasteiger partial charge is 0.314 e. The summed E-state index contributed by atoms with van der Waals surface area (Å²) in [4.78, 5) is 11.8. The maximum atomic E-state index is 12.7. The van der Waals surface area contributed by atoms with Crippen LogP contribution in [0, 0.1) is 10.1 Å². The fraction of sp³-hybridized carbons (Fsp3) is 0.636. The van der Waals surface area contributed by atoms with E-state index >= 15 is 0 Å². The van der Waals surface area contributed by atoms with E-state index in [0.717, 1.165) is 11.3 Å². The minimum atomic E-state index is -4.30. The number of hydrogen-bond acceptors (Lipinski definition) is 5. The second kappa shape index (κ2) is 8.88. The number of rotatable bonds is 4. The van der Waals surface area contributed by atoms with Crippen LogP contribution in [0.1, 0.15) is 18.0 Å². The molecule has 1 saturated heterocycles. The molecule has 1 aromatic rings. The number of nitrogens with zero attached hydrogens (tertiary/aromatic N) is 2. The standard InChI is InChI=1S/C11H14F3N3O2S.2ClH/c12-11(13,14)6-9(16-3-1-15-2-4-16)8-5-10(17(18)19)20-7-8;;/h5,7,9,15H,1-4,6H2;2*1H/t9-;;/m1../s1. The molecule has 0 saturated carbocycles. The highest BCUT2D eigenvalue weighted by molar-refractivity contribution is 7.13. The summed E-state index contributed by atoms with van der Waals surface area (Å²) >= 11 is 0.867. The Bertz CT molecular complexity index is 481. The van der Waals surface area contributed by atoms with Crippen LogP contribution in [0.15, 0.2) is 11.4 Å². The number of piperazine rings is 1. The molecule has 0 aliphatic carbocycles. The van der Waals surface area contributed by atoms with E-state index in [1.807, 2.05) is 0 Å². The van der Waals surface area contributed by atoms with Crippen LogP contribution in [0.25, 0.3) is 0 Å². The van der Waals surface area contributed by atoms with Gasteiger partial charge in [0.2, 0.25) is 0 Å². The summed E-state index contributed by atoms with van der Waals surface area (Å²) < 4.78 is 38.2. The third kappa shape index (κ3) is 5.88. The summed E-state index contributed by atoms with van der Waals surface area (Å²) in [6, 6.07) is 0.408. The molecular formula is C11H16Cl2F3N3O2S. The van der Waals surface area contributed by atoms with Crippen LogP contribution >= 0.6 is 36.2 Å². The quantitative estimate of drug-likeness (QED) is 0.641. The highest BCUT2D eigenvalue weighted by Crippen LogP contribution is 2.37. The molecule has 1 fully saturated rings. The molecule has 2 heterocycles. The molecule has 1 atom stereocenters. The Kier molecular flexibility index (Phi) is 8.63. The minimum Gasteiger partial charge on any atom is -0.314 e. The Labute approximate surface area is 141 Å². The molecule has 11 heteroatoms. The predicted octanol–water partition coefficient (Wildman–Crippen LogP) is 3.40. The van der Waals surface area contributed by atoms with E-state index in [2.05, 4.69) is 5.32 Å². The van der Waals surface area contributed by atoms with E-state index in [-0.39, 0.29) is 29.8 Å². The monoisotopic (exact) mass is 381 g/mol. The molecule has 128 valence electrons. The molecule has 0 spiro atoms. The van der Waals surface area contributed by atoms with Gasteiger partial charge >= 0.3 is 11.2 Å². The molecule has 0 bridgehead atoms. The molecule has 0 amide bonds. The zero-order valence-electron chi connectivity index (χ0n) is 11.3. The van der Waals surface area contributed by atoms with E-state index in [1.54, 1.807) is 4.90 Å². The Hall–Kier alpha value is -0.610. The molecule has 1 aliphatic heterocycles. The topological polar surface area (TPSA) is 58.4 Å². The third-order valence-electron chi connectivity index (χ3n) is 3.19. The lowest BCUT2D eigenvalue weighted by Crippen LogP contribution is -2.46. The fourth-order valence-electron chi connectivity index (χ4n) is 2.28. The number of halogens is 5. The number of nitro groups is 1. The lowest BCUT2D eigenvalue weighted by molar-refractivity contribution is -0.380. The van der Waals surface area contributed by atoms with Gasteiger partial charge < -0.3 is 5.32 Å². The van der Waals surface area contributed by atoms with Crippen molar-refractivity contribution < 1.29 is 18.1 Å². The zero-order valence-corrected chi connectivity index (χ0v) is 13.8. The fourth-order valence-corrected chi connectivity index (χ4v) is 3.05. The van der Waals surface area contributed by atoms with E-state index < -0.39 is 23.6 Å². The van der Waals surface area contributed by atoms with Crippen molar-refractivity contribution in [3.05, 3.63) is 27.1 Å². The first-order chi connectivity index (χ1) is 9.37. The van der Waals surface area contributed by atoms with Gasteiger partial charge in [-0.3, -0.25) is 15.0 Å². The zero-order chi connectivity index (χ0) is 14.8. The van der Waals surface area contributed by atoms with Gasteiger partial charge in [0.25, 0.3) is 0 Å². The van der Waals surface area contributed by atoms with Gasteiger partial charge in [-0.2, -0.15) is 13.2 Å². The average Bonchev–Trinajstić information content (AvgIpc) is 2.85. The van der Waals surface area contributed by atoms with Crippen molar-refractivity contribution in [3.8, 4) is 0 Å². The summed E-state index contributed by atoms with van der Waals surface area (Å²) in [5.74, 6) is 0. The lowest BCUT2D eigenvalue weighted by atomic mass is 10.0. The Balaban J connectivity index is 0.00000220. The Morgan fingerprint density at radius 3 is 2.41 bits per heavy atom. The summed E-state index contributed by atoms with van der Waals surface area (Å²) in [5.41, 5.74) is 0.376. The van der Waals surface area contributed by atoms with Crippen molar-refractivity contribution in [3.63, 3.8) is 0 Å². The van der Waals surface area contributed by atoms with E-state index in [0.29, 0.717) is 31.7 Å². The third-order valence-corrected chi connectivity index (χ3v) is 4.09. The molecular weight excluding hydrogens is 366 g/mol. The summed E-state index contributed by atoms with van der Waals surface area (Å²) in [6.07, 6.45) is -5.28. The van der Waals surface area contributed by atoms with Gasteiger partial charge in [0.15, 0.2) is 0 Å². The lowest BCUT2D eigenvalue weighted by Gasteiger charge is -2.35. The normalized spacial score (nSPS) is 17.2. The molecule has 5 nitrogen and oxygen atoms in total. The number of nitrogens with one attached hydrogen (secondary N) is 1. The van der Waals surface area contributed by atoms with Gasteiger partial charge in [0.05, 0.1) is 11.3 Å². The van der Waals surface area contributed by atoms with Crippen LogP contribution in [0.2, 0.25) is 0 Å². The summed E-state index contributed by atoms with van der Waals surface area (Å²) in [5, 5.41) is 15.1.